The lowest BCUT2D eigenvalue weighted by atomic mass is 9.90. The van der Waals surface area contributed by atoms with E-state index in [1.807, 2.05) is 48.5 Å². The number of hydrogen-bond acceptors (Lipinski definition) is 3. The van der Waals surface area contributed by atoms with Gasteiger partial charge in [-0.2, -0.15) is 0 Å². The van der Waals surface area contributed by atoms with Crippen LogP contribution in [0.5, 0.6) is 5.75 Å². The van der Waals surface area contributed by atoms with Gasteiger partial charge in [0.15, 0.2) is 0 Å². The van der Waals surface area contributed by atoms with Crippen molar-refractivity contribution in [1.29, 1.82) is 0 Å². The molecule has 2 aromatic rings. The van der Waals surface area contributed by atoms with E-state index in [0.717, 1.165) is 31.5 Å². The molecule has 2 N–H and O–H groups in total. The topological polar surface area (TPSA) is 50.4 Å². The number of rotatable bonds is 4. The Kier molecular flexibility index (Phi) is 5.27. The van der Waals surface area contributed by atoms with Crippen LogP contribution in [0.15, 0.2) is 54.6 Å². The zero-order valence-electron chi connectivity index (χ0n) is 13.1. The highest BCUT2D eigenvalue weighted by atomic mass is 16.6. The van der Waals surface area contributed by atoms with Crippen molar-refractivity contribution in [1.82, 2.24) is 10.6 Å². The summed E-state index contributed by atoms with van der Waals surface area (Å²) in [5, 5.41) is 6.14. The summed E-state index contributed by atoms with van der Waals surface area (Å²) in [6, 6.07) is 17.7. The fraction of sp³-hybridized carbons (Fsp3) is 0.316. The molecule has 1 saturated heterocycles. The van der Waals surface area contributed by atoms with Gasteiger partial charge in [-0.15, -0.1) is 0 Å². The SMILES string of the molecule is O=C(NCc1ccccc1)Oc1cccc(C2CCNCC2)c1. The van der Waals surface area contributed by atoms with Crippen LogP contribution in [0.4, 0.5) is 4.79 Å². The van der Waals surface area contributed by atoms with E-state index in [0.29, 0.717) is 18.2 Å². The zero-order valence-corrected chi connectivity index (χ0v) is 13.1. The van der Waals surface area contributed by atoms with Crippen LogP contribution in [0, 0.1) is 0 Å². The molecule has 0 bridgehead atoms. The van der Waals surface area contributed by atoms with Gasteiger partial charge in [0.1, 0.15) is 5.75 Å². The molecule has 23 heavy (non-hydrogen) atoms. The van der Waals surface area contributed by atoms with Crippen LogP contribution in [-0.2, 0) is 6.54 Å². The Bertz CT molecular complexity index is 637. The fourth-order valence-electron chi connectivity index (χ4n) is 2.90. The summed E-state index contributed by atoms with van der Waals surface area (Å²) < 4.78 is 5.40. The summed E-state index contributed by atoms with van der Waals surface area (Å²) in [5.41, 5.74) is 2.30. The molecule has 120 valence electrons. The van der Waals surface area contributed by atoms with Gasteiger partial charge < -0.3 is 15.4 Å². The molecule has 0 aromatic heterocycles. The highest BCUT2D eigenvalue weighted by Crippen LogP contribution is 2.27. The number of nitrogens with one attached hydrogen (secondary N) is 2. The molecule has 0 unspecified atom stereocenters. The number of hydrogen-bond donors (Lipinski definition) is 2. The van der Waals surface area contributed by atoms with Crippen molar-refractivity contribution in [3.8, 4) is 5.75 Å². The molecule has 0 saturated carbocycles. The summed E-state index contributed by atoms with van der Waals surface area (Å²) in [7, 11) is 0. The first kappa shape index (κ1) is 15.6. The maximum absolute atomic E-state index is 11.9. The first-order chi connectivity index (χ1) is 11.3. The molecule has 1 heterocycles. The van der Waals surface area contributed by atoms with Crippen LogP contribution in [-0.4, -0.2) is 19.2 Å². The summed E-state index contributed by atoms with van der Waals surface area (Å²) >= 11 is 0. The van der Waals surface area contributed by atoms with Crippen LogP contribution in [0.1, 0.15) is 29.9 Å². The molecular formula is C19H22N2O2. The van der Waals surface area contributed by atoms with E-state index in [-0.39, 0.29) is 0 Å². The Labute approximate surface area is 136 Å². The maximum Gasteiger partial charge on any atom is 0.412 e. The molecule has 1 amide bonds. The molecule has 0 spiro atoms. The van der Waals surface area contributed by atoms with Crippen LogP contribution in [0.3, 0.4) is 0 Å². The van der Waals surface area contributed by atoms with E-state index in [2.05, 4.69) is 16.7 Å². The Morgan fingerprint density at radius 1 is 1.09 bits per heavy atom. The van der Waals surface area contributed by atoms with Crippen molar-refractivity contribution in [3.63, 3.8) is 0 Å². The van der Waals surface area contributed by atoms with Gasteiger partial charge in [0, 0.05) is 6.54 Å². The fourth-order valence-corrected chi connectivity index (χ4v) is 2.90. The average Bonchev–Trinajstić information content (AvgIpc) is 2.62. The number of carbonyl (C=O) groups excluding carboxylic acids is 1. The second-order valence-corrected chi connectivity index (χ2v) is 5.83. The van der Waals surface area contributed by atoms with E-state index >= 15 is 0 Å². The molecule has 2 aromatic carbocycles. The predicted octanol–water partition coefficient (Wildman–Crippen LogP) is 3.44. The molecule has 0 radical (unpaired) electrons. The summed E-state index contributed by atoms with van der Waals surface area (Å²) in [6.07, 6.45) is 1.84. The van der Waals surface area contributed by atoms with Gasteiger partial charge in [0.05, 0.1) is 0 Å². The lowest BCUT2D eigenvalue weighted by Crippen LogP contribution is -2.27. The lowest BCUT2D eigenvalue weighted by molar-refractivity contribution is 0.200. The van der Waals surface area contributed by atoms with Crippen LogP contribution in [0.2, 0.25) is 0 Å². The number of ether oxygens (including phenoxy) is 1. The molecule has 1 aliphatic heterocycles. The lowest BCUT2D eigenvalue weighted by Gasteiger charge is -2.23. The van der Waals surface area contributed by atoms with Crippen LogP contribution < -0.4 is 15.4 Å². The van der Waals surface area contributed by atoms with E-state index in [1.54, 1.807) is 0 Å². The van der Waals surface area contributed by atoms with Crippen LogP contribution >= 0.6 is 0 Å². The van der Waals surface area contributed by atoms with E-state index in [9.17, 15) is 4.79 Å². The summed E-state index contributed by atoms with van der Waals surface area (Å²) in [5.74, 6) is 1.15. The molecule has 1 fully saturated rings. The number of carbonyl (C=O) groups is 1. The highest BCUT2D eigenvalue weighted by molar-refractivity contribution is 5.70. The van der Waals surface area contributed by atoms with Crippen molar-refractivity contribution in [2.75, 3.05) is 13.1 Å². The molecule has 4 heteroatoms. The number of amides is 1. The second-order valence-electron chi connectivity index (χ2n) is 5.83. The predicted molar refractivity (Wildman–Crippen MR) is 90.6 cm³/mol. The molecule has 3 rings (SSSR count). The normalized spacial score (nSPS) is 15.1. The first-order valence-corrected chi connectivity index (χ1v) is 8.11. The van der Waals surface area contributed by atoms with Gasteiger partial charge in [0.25, 0.3) is 0 Å². The summed E-state index contributed by atoms with van der Waals surface area (Å²) in [6.45, 7) is 2.56. The van der Waals surface area contributed by atoms with Gasteiger partial charge in [-0.05, 0) is 55.1 Å². The molecule has 4 nitrogen and oxygen atoms in total. The number of piperidine rings is 1. The molecule has 0 atom stereocenters. The van der Waals surface area contributed by atoms with Crippen LogP contribution in [0.25, 0.3) is 0 Å². The zero-order chi connectivity index (χ0) is 15.9. The Hall–Kier alpha value is -2.33. The van der Waals surface area contributed by atoms with Gasteiger partial charge in [-0.25, -0.2) is 4.79 Å². The Morgan fingerprint density at radius 2 is 1.87 bits per heavy atom. The van der Waals surface area contributed by atoms with Gasteiger partial charge >= 0.3 is 6.09 Å². The van der Waals surface area contributed by atoms with Gasteiger partial charge in [-0.1, -0.05) is 42.5 Å². The number of benzene rings is 2. The van der Waals surface area contributed by atoms with E-state index in [1.165, 1.54) is 5.56 Å². The second kappa shape index (κ2) is 7.79. The van der Waals surface area contributed by atoms with Crippen molar-refractivity contribution >= 4 is 6.09 Å². The molecule has 0 aliphatic carbocycles. The molecule has 1 aliphatic rings. The monoisotopic (exact) mass is 310 g/mol. The minimum atomic E-state index is -0.420. The average molecular weight is 310 g/mol. The Morgan fingerprint density at radius 3 is 2.65 bits per heavy atom. The highest BCUT2D eigenvalue weighted by Gasteiger charge is 2.16. The third kappa shape index (κ3) is 4.57. The standard InChI is InChI=1S/C19H22N2O2/c22-19(21-14-15-5-2-1-3-6-15)23-18-8-4-7-17(13-18)16-9-11-20-12-10-16/h1-8,13,16,20H,9-12,14H2,(H,21,22). The smallest absolute Gasteiger partial charge is 0.410 e. The van der Waals surface area contributed by atoms with Gasteiger partial charge in [-0.3, -0.25) is 0 Å². The quantitative estimate of drug-likeness (QED) is 0.909. The summed E-state index contributed by atoms with van der Waals surface area (Å²) in [4.78, 5) is 11.9. The first-order valence-electron chi connectivity index (χ1n) is 8.11. The van der Waals surface area contributed by atoms with Crippen molar-refractivity contribution in [2.45, 2.75) is 25.3 Å². The third-order valence-corrected chi connectivity index (χ3v) is 4.16. The van der Waals surface area contributed by atoms with Crippen molar-refractivity contribution in [2.24, 2.45) is 0 Å². The van der Waals surface area contributed by atoms with E-state index < -0.39 is 6.09 Å². The van der Waals surface area contributed by atoms with Crippen molar-refractivity contribution < 1.29 is 9.53 Å². The van der Waals surface area contributed by atoms with Gasteiger partial charge in [0.2, 0.25) is 0 Å². The Balaban J connectivity index is 1.55. The van der Waals surface area contributed by atoms with Crippen molar-refractivity contribution in [3.05, 3.63) is 65.7 Å². The maximum atomic E-state index is 11.9. The third-order valence-electron chi connectivity index (χ3n) is 4.16. The molecular weight excluding hydrogens is 288 g/mol. The minimum absolute atomic E-state index is 0.420. The minimum Gasteiger partial charge on any atom is -0.410 e. The largest absolute Gasteiger partial charge is 0.412 e. The van der Waals surface area contributed by atoms with E-state index in [4.69, 9.17) is 4.74 Å².